The predicted octanol–water partition coefficient (Wildman–Crippen LogP) is 5.65. The average molecular weight is 320 g/mol. The van der Waals surface area contributed by atoms with Gasteiger partial charge in [-0.15, -0.1) is 0 Å². The monoisotopic (exact) mass is 320 g/mol. The molecule has 2 N–H and O–H groups in total. The first kappa shape index (κ1) is 18.0. The summed E-state index contributed by atoms with van der Waals surface area (Å²) in [5.74, 6) is 0.518. The predicted molar refractivity (Wildman–Crippen MR) is 106 cm³/mol. The Bertz CT molecular complexity index is 754. The van der Waals surface area contributed by atoms with E-state index in [4.69, 9.17) is 10.7 Å². The Labute approximate surface area is 146 Å². The van der Waals surface area contributed by atoms with Crippen molar-refractivity contribution in [2.24, 2.45) is 10.9 Å². The summed E-state index contributed by atoms with van der Waals surface area (Å²) in [7, 11) is 0. The number of benzene rings is 2. The fourth-order valence-corrected chi connectivity index (χ4v) is 3.04. The zero-order valence-corrected chi connectivity index (χ0v) is 15.4. The first-order valence-electron chi connectivity index (χ1n) is 8.56. The third-order valence-electron chi connectivity index (χ3n) is 4.28. The molecule has 2 heteroatoms. The number of nitrogens with zero attached hydrogens (tertiary/aromatic N) is 1. The number of aliphatic imine (C=N–C) groups is 1. The quantitative estimate of drug-likeness (QED) is 0.561. The van der Waals surface area contributed by atoms with E-state index >= 15 is 0 Å². The number of anilines is 1. The van der Waals surface area contributed by atoms with Crippen LogP contribution in [0.15, 0.2) is 59.2 Å². The second-order valence-electron chi connectivity index (χ2n) is 6.62. The van der Waals surface area contributed by atoms with Crippen LogP contribution in [-0.4, -0.2) is 6.21 Å². The van der Waals surface area contributed by atoms with Crippen molar-refractivity contribution in [3.8, 4) is 0 Å². The Balaban J connectivity index is 2.72. The topological polar surface area (TPSA) is 38.4 Å². The molecule has 0 aliphatic rings. The molecule has 0 amide bonds. The number of rotatable bonds is 5. The molecule has 0 aliphatic heterocycles. The number of hydrogen-bond acceptors (Lipinski definition) is 2. The Morgan fingerprint density at radius 2 is 1.79 bits per heavy atom. The van der Waals surface area contributed by atoms with Crippen molar-refractivity contribution in [1.82, 2.24) is 0 Å². The van der Waals surface area contributed by atoms with Gasteiger partial charge in [0.15, 0.2) is 0 Å². The molecule has 0 aromatic heterocycles. The number of aryl methyl sites for hydroxylation is 1. The third kappa shape index (κ3) is 4.14. The summed E-state index contributed by atoms with van der Waals surface area (Å²) in [4.78, 5) is 4.71. The normalized spacial score (nSPS) is 13.7. The molecular weight excluding hydrogens is 292 g/mol. The van der Waals surface area contributed by atoms with Gasteiger partial charge in [-0.3, -0.25) is 4.99 Å². The van der Waals surface area contributed by atoms with Crippen LogP contribution < -0.4 is 5.73 Å². The van der Waals surface area contributed by atoms with Gasteiger partial charge in [0.1, 0.15) is 0 Å². The number of hydrogen-bond donors (Lipinski definition) is 1. The standard InChI is InChI=1S/C22H28N2/c1-6-24-21(13-15(2)3)22(18-10-8-11-19(23)14-18)20-12-7-9-16(4)17(20)5/h6-15,22H,23H2,1-5H3/b21-13-,24-6?. The Hall–Kier alpha value is -2.35. The Morgan fingerprint density at radius 3 is 2.42 bits per heavy atom. The Kier molecular flexibility index (Phi) is 5.97. The van der Waals surface area contributed by atoms with E-state index in [1.165, 1.54) is 22.3 Å². The highest BCUT2D eigenvalue weighted by molar-refractivity contribution is 5.58. The third-order valence-corrected chi connectivity index (χ3v) is 4.28. The molecule has 1 unspecified atom stereocenters. The lowest BCUT2D eigenvalue weighted by Crippen LogP contribution is -2.08. The van der Waals surface area contributed by atoms with Crippen LogP contribution in [0.2, 0.25) is 0 Å². The second kappa shape index (κ2) is 7.96. The van der Waals surface area contributed by atoms with Gasteiger partial charge in [0.25, 0.3) is 0 Å². The van der Waals surface area contributed by atoms with Crippen molar-refractivity contribution in [2.75, 3.05) is 5.73 Å². The zero-order valence-electron chi connectivity index (χ0n) is 15.4. The molecule has 0 heterocycles. The van der Waals surface area contributed by atoms with Gasteiger partial charge in [0.2, 0.25) is 0 Å². The first-order chi connectivity index (χ1) is 11.4. The minimum atomic E-state index is 0.0898. The van der Waals surface area contributed by atoms with E-state index in [1.807, 2.05) is 25.3 Å². The molecular formula is C22H28N2. The zero-order chi connectivity index (χ0) is 17.7. The van der Waals surface area contributed by atoms with Crippen LogP contribution >= 0.6 is 0 Å². The molecule has 0 fully saturated rings. The van der Waals surface area contributed by atoms with Gasteiger partial charge in [0.05, 0.1) is 5.92 Å². The van der Waals surface area contributed by atoms with Crippen molar-refractivity contribution < 1.29 is 0 Å². The fraction of sp³-hybridized carbons (Fsp3) is 0.318. The molecule has 0 radical (unpaired) electrons. The van der Waals surface area contributed by atoms with Gasteiger partial charge >= 0.3 is 0 Å². The lowest BCUT2D eigenvalue weighted by atomic mass is 9.83. The maximum absolute atomic E-state index is 6.06. The van der Waals surface area contributed by atoms with Crippen molar-refractivity contribution in [3.63, 3.8) is 0 Å². The van der Waals surface area contributed by atoms with Crippen LogP contribution in [0.4, 0.5) is 5.69 Å². The Morgan fingerprint density at radius 1 is 1.08 bits per heavy atom. The molecule has 24 heavy (non-hydrogen) atoms. The summed E-state index contributed by atoms with van der Waals surface area (Å²) in [6, 6.07) is 14.6. The number of nitrogen functional groups attached to an aromatic ring is 1. The molecule has 2 aromatic rings. The highest BCUT2D eigenvalue weighted by Crippen LogP contribution is 2.36. The number of nitrogens with two attached hydrogens (primary N) is 1. The van der Waals surface area contributed by atoms with Gasteiger partial charge in [-0.2, -0.15) is 0 Å². The maximum Gasteiger partial charge on any atom is 0.0513 e. The van der Waals surface area contributed by atoms with Gasteiger partial charge in [-0.25, -0.2) is 0 Å². The molecule has 0 saturated carbocycles. The van der Waals surface area contributed by atoms with Crippen LogP contribution in [0.25, 0.3) is 0 Å². The van der Waals surface area contributed by atoms with Crippen molar-refractivity contribution >= 4 is 11.9 Å². The van der Waals surface area contributed by atoms with E-state index in [9.17, 15) is 0 Å². The average Bonchev–Trinajstić information content (AvgIpc) is 2.51. The van der Waals surface area contributed by atoms with Gasteiger partial charge in [0, 0.05) is 17.6 Å². The molecule has 0 saturated heterocycles. The van der Waals surface area contributed by atoms with E-state index in [0.29, 0.717) is 5.92 Å². The van der Waals surface area contributed by atoms with Crippen LogP contribution in [0.1, 0.15) is 48.9 Å². The van der Waals surface area contributed by atoms with Gasteiger partial charge < -0.3 is 5.73 Å². The first-order valence-corrected chi connectivity index (χ1v) is 8.56. The van der Waals surface area contributed by atoms with E-state index in [-0.39, 0.29) is 5.92 Å². The molecule has 126 valence electrons. The summed E-state index contributed by atoms with van der Waals surface area (Å²) in [6.45, 7) is 10.7. The summed E-state index contributed by atoms with van der Waals surface area (Å²) in [5, 5.41) is 0. The van der Waals surface area contributed by atoms with Gasteiger partial charge in [-0.05, 0) is 61.1 Å². The molecule has 2 aromatic carbocycles. The van der Waals surface area contributed by atoms with Crippen LogP contribution in [0, 0.1) is 19.8 Å². The summed E-state index contributed by atoms with van der Waals surface area (Å²) in [6.07, 6.45) is 4.12. The molecule has 2 rings (SSSR count). The minimum absolute atomic E-state index is 0.0898. The SMILES string of the molecule is CC=N/C(=C\C(C)C)C(c1cccc(N)c1)c1cccc(C)c1C. The van der Waals surface area contributed by atoms with Crippen LogP contribution in [0.3, 0.4) is 0 Å². The van der Waals surface area contributed by atoms with E-state index in [2.05, 4.69) is 64.1 Å². The lowest BCUT2D eigenvalue weighted by molar-refractivity contribution is 0.794. The lowest BCUT2D eigenvalue weighted by Gasteiger charge is -2.23. The second-order valence-corrected chi connectivity index (χ2v) is 6.62. The summed E-state index contributed by atoms with van der Waals surface area (Å²) < 4.78 is 0. The van der Waals surface area contributed by atoms with E-state index in [1.54, 1.807) is 0 Å². The van der Waals surface area contributed by atoms with Crippen molar-refractivity contribution in [1.29, 1.82) is 0 Å². The molecule has 0 aliphatic carbocycles. The van der Waals surface area contributed by atoms with E-state index in [0.717, 1.165) is 11.4 Å². The van der Waals surface area contributed by atoms with Crippen molar-refractivity contribution in [2.45, 2.75) is 40.5 Å². The highest BCUT2D eigenvalue weighted by atomic mass is 14.7. The molecule has 0 spiro atoms. The molecule has 0 bridgehead atoms. The van der Waals surface area contributed by atoms with Crippen LogP contribution in [-0.2, 0) is 0 Å². The number of allylic oxidation sites excluding steroid dienone is 2. The van der Waals surface area contributed by atoms with Crippen molar-refractivity contribution in [3.05, 3.63) is 76.5 Å². The van der Waals surface area contributed by atoms with Gasteiger partial charge in [-0.1, -0.05) is 50.3 Å². The van der Waals surface area contributed by atoms with Crippen LogP contribution in [0.5, 0.6) is 0 Å². The van der Waals surface area contributed by atoms with E-state index < -0.39 is 0 Å². The smallest absolute Gasteiger partial charge is 0.0513 e. The summed E-state index contributed by atoms with van der Waals surface area (Å²) >= 11 is 0. The maximum atomic E-state index is 6.06. The minimum Gasteiger partial charge on any atom is -0.399 e. The fourth-order valence-electron chi connectivity index (χ4n) is 3.04. The molecule has 2 nitrogen and oxygen atoms in total. The summed E-state index contributed by atoms with van der Waals surface area (Å²) in [5.41, 5.74) is 13.0. The largest absolute Gasteiger partial charge is 0.399 e. The molecule has 1 atom stereocenters. The highest BCUT2D eigenvalue weighted by Gasteiger charge is 2.21.